The van der Waals surface area contributed by atoms with Crippen LogP contribution in [-0.2, 0) is 0 Å². The lowest BCUT2D eigenvalue weighted by molar-refractivity contribution is 0.899. The smallest absolute Gasteiger partial charge is 0.223 e. The Morgan fingerprint density at radius 1 is 1.00 bits per heavy atom. The summed E-state index contributed by atoms with van der Waals surface area (Å²) >= 11 is 0. The van der Waals surface area contributed by atoms with E-state index in [0.717, 1.165) is 35.1 Å². The summed E-state index contributed by atoms with van der Waals surface area (Å²) in [6.45, 7) is 0. The first-order valence-corrected chi connectivity index (χ1v) is 6.67. The molecule has 1 aromatic carbocycles. The summed E-state index contributed by atoms with van der Waals surface area (Å²) < 4.78 is 0. The first-order chi connectivity index (χ1) is 9.81. The summed E-state index contributed by atoms with van der Waals surface area (Å²) in [5.74, 6) is 2.07. The molecule has 2 heterocycles. The lowest BCUT2D eigenvalue weighted by Crippen LogP contribution is -2.05. The van der Waals surface area contributed by atoms with Crippen LogP contribution < -0.4 is 5.73 Å². The molecule has 0 spiro atoms. The molecule has 0 unspecified atom stereocenters. The average Bonchev–Trinajstić information content (AvgIpc) is 3.30. The minimum absolute atomic E-state index is 0.270. The van der Waals surface area contributed by atoms with E-state index in [1.165, 1.54) is 0 Å². The molecule has 2 aromatic heterocycles. The number of pyridine rings is 1. The molecular weight excluding hydrogens is 250 g/mol. The Kier molecular flexibility index (Phi) is 2.39. The number of hydrogen-bond acceptors (Lipinski definition) is 5. The van der Waals surface area contributed by atoms with Crippen molar-refractivity contribution in [1.82, 2.24) is 19.9 Å². The van der Waals surface area contributed by atoms with Crippen molar-refractivity contribution in [2.24, 2.45) is 0 Å². The second kappa shape index (κ2) is 4.23. The van der Waals surface area contributed by atoms with Crippen molar-refractivity contribution in [3.05, 3.63) is 42.4 Å². The third kappa shape index (κ3) is 1.87. The van der Waals surface area contributed by atoms with Gasteiger partial charge in [0.15, 0.2) is 5.82 Å². The maximum absolute atomic E-state index is 5.82. The van der Waals surface area contributed by atoms with Crippen LogP contribution in [0.25, 0.3) is 22.3 Å². The molecule has 0 radical (unpaired) electrons. The van der Waals surface area contributed by atoms with E-state index in [4.69, 9.17) is 5.73 Å². The van der Waals surface area contributed by atoms with Gasteiger partial charge in [-0.25, -0.2) is 4.98 Å². The Morgan fingerprint density at radius 2 is 1.85 bits per heavy atom. The second-order valence-electron chi connectivity index (χ2n) is 5.03. The summed E-state index contributed by atoms with van der Waals surface area (Å²) in [5, 5.41) is 2.15. The molecule has 0 atom stereocenters. The Balaban J connectivity index is 1.94. The molecule has 3 aromatic rings. The molecule has 2 N–H and O–H groups in total. The van der Waals surface area contributed by atoms with Gasteiger partial charge in [-0.15, -0.1) is 0 Å². The number of hydrogen-bond donors (Lipinski definition) is 1. The number of aromatic nitrogens is 4. The van der Waals surface area contributed by atoms with Crippen molar-refractivity contribution < 1.29 is 0 Å². The minimum atomic E-state index is 0.270. The van der Waals surface area contributed by atoms with Crippen LogP contribution in [-0.4, -0.2) is 19.9 Å². The van der Waals surface area contributed by atoms with E-state index in [9.17, 15) is 0 Å². The van der Waals surface area contributed by atoms with Gasteiger partial charge in [0.1, 0.15) is 11.5 Å². The van der Waals surface area contributed by atoms with Gasteiger partial charge in [-0.05, 0) is 24.3 Å². The van der Waals surface area contributed by atoms with Crippen molar-refractivity contribution >= 4 is 16.7 Å². The van der Waals surface area contributed by atoms with E-state index in [1.54, 1.807) is 6.20 Å². The van der Waals surface area contributed by atoms with Crippen LogP contribution in [0, 0.1) is 0 Å². The zero-order valence-electron chi connectivity index (χ0n) is 10.8. The van der Waals surface area contributed by atoms with Crippen LogP contribution in [0.3, 0.4) is 0 Å². The van der Waals surface area contributed by atoms with Crippen molar-refractivity contribution in [2.45, 2.75) is 18.8 Å². The Labute approximate surface area is 115 Å². The zero-order valence-corrected chi connectivity index (χ0v) is 10.8. The molecule has 1 fully saturated rings. The number of fused-ring (bicyclic) bond motifs is 1. The second-order valence-corrected chi connectivity index (χ2v) is 5.03. The highest BCUT2D eigenvalue weighted by Crippen LogP contribution is 2.38. The molecule has 1 saturated carbocycles. The van der Waals surface area contributed by atoms with Crippen LogP contribution in [0.15, 0.2) is 36.5 Å². The van der Waals surface area contributed by atoms with Crippen molar-refractivity contribution in [1.29, 1.82) is 0 Å². The first kappa shape index (κ1) is 11.3. The van der Waals surface area contributed by atoms with Gasteiger partial charge < -0.3 is 5.73 Å². The highest BCUT2D eigenvalue weighted by Gasteiger charge is 2.28. The van der Waals surface area contributed by atoms with E-state index in [-0.39, 0.29) is 5.95 Å². The number of anilines is 1. The third-order valence-electron chi connectivity index (χ3n) is 3.50. The van der Waals surface area contributed by atoms with Crippen LogP contribution >= 0.6 is 0 Å². The number of rotatable bonds is 2. The summed E-state index contributed by atoms with van der Waals surface area (Å²) in [6, 6.07) is 10.0. The number of nitrogens with zero attached hydrogens (tertiary/aromatic N) is 4. The van der Waals surface area contributed by atoms with E-state index in [2.05, 4.69) is 19.9 Å². The van der Waals surface area contributed by atoms with Gasteiger partial charge in [-0.2, -0.15) is 9.97 Å². The van der Waals surface area contributed by atoms with Gasteiger partial charge in [0, 0.05) is 17.5 Å². The summed E-state index contributed by atoms with van der Waals surface area (Å²) in [5.41, 5.74) is 6.58. The summed E-state index contributed by atoms with van der Waals surface area (Å²) in [4.78, 5) is 17.5. The monoisotopic (exact) mass is 263 g/mol. The fourth-order valence-corrected chi connectivity index (χ4v) is 2.34. The molecular formula is C15H13N5. The van der Waals surface area contributed by atoms with Crippen molar-refractivity contribution in [3.8, 4) is 11.5 Å². The SMILES string of the molecule is Nc1nc(-c2nccc3ccccc23)nc(C2CC2)n1. The van der Waals surface area contributed by atoms with Gasteiger partial charge in [-0.1, -0.05) is 24.3 Å². The number of benzene rings is 1. The normalized spacial score (nSPS) is 14.6. The molecule has 5 heteroatoms. The third-order valence-corrected chi connectivity index (χ3v) is 3.50. The van der Waals surface area contributed by atoms with Crippen LogP contribution in [0.4, 0.5) is 5.95 Å². The van der Waals surface area contributed by atoms with Gasteiger partial charge >= 0.3 is 0 Å². The molecule has 1 aliphatic carbocycles. The molecule has 0 saturated heterocycles. The van der Waals surface area contributed by atoms with Crippen molar-refractivity contribution in [3.63, 3.8) is 0 Å². The minimum Gasteiger partial charge on any atom is -0.368 e. The van der Waals surface area contributed by atoms with E-state index in [0.29, 0.717) is 11.7 Å². The average molecular weight is 263 g/mol. The predicted octanol–water partition coefficient (Wildman–Crippen LogP) is 2.55. The molecule has 0 amide bonds. The fourth-order valence-electron chi connectivity index (χ4n) is 2.34. The quantitative estimate of drug-likeness (QED) is 0.768. The standard InChI is InChI=1S/C15H13N5/c16-15-19-13(10-5-6-10)18-14(20-15)12-11-4-2-1-3-9(11)7-8-17-12/h1-4,7-8,10H,5-6H2,(H2,16,18,19,20). The molecule has 4 rings (SSSR count). The summed E-state index contributed by atoms with van der Waals surface area (Å²) in [7, 11) is 0. The van der Waals surface area contributed by atoms with Crippen LogP contribution in [0.2, 0.25) is 0 Å². The highest BCUT2D eigenvalue weighted by molar-refractivity contribution is 5.92. The van der Waals surface area contributed by atoms with E-state index in [1.807, 2.05) is 30.3 Å². The van der Waals surface area contributed by atoms with Gasteiger partial charge in [-0.3, -0.25) is 4.98 Å². The highest BCUT2D eigenvalue weighted by atomic mass is 15.1. The first-order valence-electron chi connectivity index (χ1n) is 6.67. The van der Waals surface area contributed by atoms with Crippen LogP contribution in [0.5, 0.6) is 0 Å². The predicted molar refractivity (Wildman–Crippen MR) is 77.0 cm³/mol. The zero-order chi connectivity index (χ0) is 13.5. The van der Waals surface area contributed by atoms with Gasteiger partial charge in [0.05, 0.1) is 0 Å². The Morgan fingerprint density at radius 3 is 2.70 bits per heavy atom. The molecule has 1 aliphatic rings. The Hall–Kier alpha value is -2.56. The fraction of sp³-hybridized carbons (Fsp3) is 0.200. The van der Waals surface area contributed by atoms with Gasteiger partial charge in [0.2, 0.25) is 5.95 Å². The molecule has 0 bridgehead atoms. The van der Waals surface area contributed by atoms with Crippen molar-refractivity contribution in [2.75, 3.05) is 5.73 Å². The maximum atomic E-state index is 5.82. The number of nitrogen functional groups attached to an aromatic ring is 1. The molecule has 0 aliphatic heterocycles. The molecule has 20 heavy (non-hydrogen) atoms. The molecule has 5 nitrogen and oxygen atoms in total. The maximum Gasteiger partial charge on any atom is 0.223 e. The van der Waals surface area contributed by atoms with E-state index < -0.39 is 0 Å². The molecule has 98 valence electrons. The van der Waals surface area contributed by atoms with Gasteiger partial charge in [0.25, 0.3) is 0 Å². The Bertz CT molecular complexity index is 790. The topological polar surface area (TPSA) is 77.6 Å². The van der Waals surface area contributed by atoms with E-state index >= 15 is 0 Å². The lowest BCUT2D eigenvalue weighted by atomic mass is 10.1. The number of nitrogens with two attached hydrogens (primary N) is 1. The largest absolute Gasteiger partial charge is 0.368 e. The van der Waals surface area contributed by atoms with Crippen LogP contribution in [0.1, 0.15) is 24.6 Å². The lowest BCUT2D eigenvalue weighted by Gasteiger charge is -2.06. The summed E-state index contributed by atoms with van der Waals surface area (Å²) in [6.07, 6.45) is 4.03.